The number of amides is 1. The molecule has 1 N–H and O–H groups in total. The van der Waals surface area contributed by atoms with Crippen LogP contribution in [0.1, 0.15) is 18.1 Å². The van der Waals surface area contributed by atoms with Crippen molar-refractivity contribution in [2.45, 2.75) is 21.4 Å². The number of hydrogen-bond acceptors (Lipinski definition) is 7. The number of nitrogens with zero attached hydrogens (tertiary/aromatic N) is 3. The number of nitrogens with one attached hydrogen (secondary N) is 1. The van der Waals surface area contributed by atoms with Gasteiger partial charge in [0, 0.05) is 10.8 Å². The Labute approximate surface area is 216 Å². The van der Waals surface area contributed by atoms with Gasteiger partial charge in [0.15, 0.2) is 8.68 Å². The monoisotopic (exact) mass is 524 g/mol. The summed E-state index contributed by atoms with van der Waals surface area (Å²) >= 11 is 10.4. The summed E-state index contributed by atoms with van der Waals surface area (Å²) in [5, 5.41) is 13.3. The highest BCUT2D eigenvalue weighted by molar-refractivity contribution is 8.03. The van der Waals surface area contributed by atoms with Gasteiger partial charge in [-0.05, 0) is 41.3 Å². The number of aromatic nitrogens is 2. The third-order valence-electron chi connectivity index (χ3n) is 4.75. The lowest BCUT2D eigenvalue weighted by molar-refractivity contribution is -0.118. The quantitative estimate of drug-likeness (QED) is 0.148. The number of carbonyl (C=O) groups excluding carboxylic acids is 1. The standard InChI is InChI=1S/C25H21ClN4OS3/c1-17(19-9-11-21(12-10-19)20-5-3-2-4-6-20)27-28-23(31)16-33-25-30-29-24(34-25)32-15-18-7-13-22(26)14-8-18/h2-14H,15-16H2,1H3,(H,28,31)/b27-17+. The Morgan fingerprint density at radius 2 is 1.56 bits per heavy atom. The van der Waals surface area contributed by atoms with Gasteiger partial charge in [-0.2, -0.15) is 5.10 Å². The van der Waals surface area contributed by atoms with Gasteiger partial charge in [0.1, 0.15) is 0 Å². The van der Waals surface area contributed by atoms with Gasteiger partial charge in [-0.3, -0.25) is 4.79 Å². The predicted octanol–water partition coefficient (Wildman–Crippen LogP) is 6.78. The zero-order valence-electron chi connectivity index (χ0n) is 18.3. The molecule has 0 spiro atoms. The molecule has 0 aliphatic rings. The first-order valence-corrected chi connectivity index (χ1v) is 13.6. The molecule has 0 fully saturated rings. The van der Waals surface area contributed by atoms with E-state index in [1.54, 1.807) is 11.8 Å². The summed E-state index contributed by atoms with van der Waals surface area (Å²) in [6.07, 6.45) is 0. The highest BCUT2D eigenvalue weighted by Gasteiger charge is 2.09. The molecule has 0 aliphatic heterocycles. The normalized spacial score (nSPS) is 11.4. The van der Waals surface area contributed by atoms with E-state index < -0.39 is 0 Å². The fourth-order valence-corrected chi connectivity index (χ4v) is 5.84. The summed E-state index contributed by atoms with van der Waals surface area (Å²) < 4.78 is 1.62. The van der Waals surface area contributed by atoms with Crippen molar-refractivity contribution < 1.29 is 4.79 Å². The van der Waals surface area contributed by atoms with Crippen LogP contribution < -0.4 is 5.43 Å². The van der Waals surface area contributed by atoms with E-state index in [-0.39, 0.29) is 11.7 Å². The van der Waals surface area contributed by atoms with E-state index in [0.717, 1.165) is 41.9 Å². The Bertz CT molecular complexity index is 1260. The van der Waals surface area contributed by atoms with Crippen LogP contribution in [-0.4, -0.2) is 27.6 Å². The molecule has 0 bridgehead atoms. The van der Waals surface area contributed by atoms with Crippen LogP contribution in [0.5, 0.6) is 0 Å². The average molecular weight is 525 g/mol. The SMILES string of the molecule is C/C(=N\NC(=O)CSc1nnc(SCc2ccc(Cl)cc2)s1)c1ccc(-c2ccccc2)cc1. The lowest BCUT2D eigenvalue weighted by Crippen LogP contribution is -2.21. The lowest BCUT2D eigenvalue weighted by Gasteiger charge is -2.05. The summed E-state index contributed by atoms with van der Waals surface area (Å²) in [4.78, 5) is 12.2. The van der Waals surface area contributed by atoms with Crippen molar-refractivity contribution in [1.82, 2.24) is 15.6 Å². The molecule has 3 aromatic carbocycles. The van der Waals surface area contributed by atoms with Crippen LogP contribution in [0.25, 0.3) is 11.1 Å². The first-order valence-electron chi connectivity index (χ1n) is 10.4. The van der Waals surface area contributed by atoms with Crippen LogP contribution in [-0.2, 0) is 10.5 Å². The van der Waals surface area contributed by atoms with Crippen LogP contribution in [0.15, 0.2) is 92.6 Å². The van der Waals surface area contributed by atoms with Crippen molar-refractivity contribution in [3.63, 3.8) is 0 Å². The minimum atomic E-state index is -0.184. The fraction of sp³-hybridized carbons (Fsp3) is 0.120. The molecular formula is C25H21ClN4OS3. The zero-order valence-corrected chi connectivity index (χ0v) is 21.5. The number of carbonyl (C=O) groups is 1. The van der Waals surface area contributed by atoms with Crippen LogP contribution in [0.2, 0.25) is 5.02 Å². The molecule has 0 radical (unpaired) electrons. The van der Waals surface area contributed by atoms with E-state index in [4.69, 9.17) is 11.6 Å². The van der Waals surface area contributed by atoms with E-state index >= 15 is 0 Å². The van der Waals surface area contributed by atoms with E-state index in [1.807, 2.05) is 61.5 Å². The van der Waals surface area contributed by atoms with Crippen LogP contribution in [0.4, 0.5) is 0 Å². The van der Waals surface area contributed by atoms with Crippen molar-refractivity contribution >= 4 is 58.1 Å². The molecule has 1 heterocycles. The summed E-state index contributed by atoms with van der Waals surface area (Å²) in [6.45, 7) is 1.87. The van der Waals surface area contributed by atoms with Crippen molar-refractivity contribution in [2.75, 3.05) is 5.75 Å². The smallest absolute Gasteiger partial charge is 0.250 e. The maximum Gasteiger partial charge on any atom is 0.250 e. The Kier molecular flexibility index (Phi) is 8.76. The van der Waals surface area contributed by atoms with Crippen molar-refractivity contribution in [3.05, 3.63) is 95.0 Å². The first-order chi connectivity index (χ1) is 16.6. The number of hydrazone groups is 1. The second kappa shape index (κ2) is 12.2. The highest BCUT2D eigenvalue weighted by atomic mass is 35.5. The molecule has 4 aromatic rings. The van der Waals surface area contributed by atoms with Gasteiger partial charge in [-0.1, -0.05) is 113 Å². The average Bonchev–Trinajstić information content (AvgIpc) is 3.34. The molecule has 0 atom stereocenters. The third kappa shape index (κ3) is 7.17. The number of rotatable bonds is 9. The van der Waals surface area contributed by atoms with Crippen LogP contribution >= 0.6 is 46.5 Å². The summed E-state index contributed by atoms with van der Waals surface area (Å²) in [6, 6.07) is 26.1. The number of hydrogen-bond donors (Lipinski definition) is 1. The number of benzene rings is 3. The Morgan fingerprint density at radius 3 is 2.26 bits per heavy atom. The lowest BCUT2D eigenvalue weighted by atomic mass is 10.0. The van der Waals surface area contributed by atoms with Gasteiger partial charge < -0.3 is 0 Å². The Morgan fingerprint density at radius 1 is 0.912 bits per heavy atom. The van der Waals surface area contributed by atoms with E-state index in [9.17, 15) is 4.79 Å². The zero-order chi connectivity index (χ0) is 23.8. The Balaban J connectivity index is 1.23. The molecule has 34 heavy (non-hydrogen) atoms. The maximum absolute atomic E-state index is 12.2. The molecule has 0 saturated heterocycles. The van der Waals surface area contributed by atoms with Gasteiger partial charge >= 0.3 is 0 Å². The van der Waals surface area contributed by atoms with Crippen molar-refractivity contribution in [1.29, 1.82) is 0 Å². The largest absolute Gasteiger partial charge is 0.272 e. The minimum absolute atomic E-state index is 0.184. The Hall–Kier alpha value is -2.65. The molecule has 4 rings (SSSR count). The molecular weight excluding hydrogens is 504 g/mol. The molecule has 1 aromatic heterocycles. The molecule has 1 amide bonds. The van der Waals surface area contributed by atoms with Crippen molar-refractivity contribution in [2.24, 2.45) is 5.10 Å². The molecule has 9 heteroatoms. The van der Waals surface area contributed by atoms with E-state index in [1.165, 1.54) is 28.7 Å². The molecule has 5 nitrogen and oxygen atoms in total. The maximum atomic E-state index is 12.2. The van der Waals surface area contributed by atoms with Gasteiger partial charge in [0.2, 0.25) is 0 Å². The van der Waals surface area contributed by atoms with Gasteiger partial charge in [0.05, 0.1) is 11.5 Å². The van der Waals surface area contributed by atoms with E-state index in [2.05, 4.69) is 45.0 Å². The van der Waals surface area contributed by atoms with Gasteiger partial charge in [-0.15, -0.1) is 10.2 Å². The number of thioether (sulfide) groups is 2. The van der Waals surface area contributed by atoms with Gasteiger partial charge in [0.25, 0.3) is 5.91 Å². The molecule has 0 saturated carbocycles. The molecule has 172 valence electrons. The van der Waals surface area contributed by atoms with Gasteiger partial charge in [-0.25, -0.2) is 5.43 Å². The fourth-order valence-electron chi connectivity index (χ4n) is 2.94. The number of halogens is 1. The third-order valence-corrected chi connectivity index (χ3v) is 8.26. The summed E-state index contributed by atoms with van der Waals surface area (Å²) in [5.41, 5.74) is 7.80. The highest BCUT2D eigenvalue weighted by Crippen LogP contribution is 2.30. The summed E-state index contributed by atoms with van der Waals surface area (Å²) in [5.74, 6) is 0.827. The van der Waals surface area contributed by atoms with Crippen LogP contribution in [0.3, 0.4) is 0 Å². The van der Waals surface area contributed by atoms with E-state index in [0.29, 0.717) is 0 Å². The predicted molar refractivity (Wildman–Crippen MR) is 144 cm³/mol. The second-order valence-corrected chi connectivity index (χ2v) is 11.1. The first kappa shape index (κ1) is 24.5. The topological polar surface area (TPSA) is 67.2 Å². The van der Waals surface area contributed by atoms with Crippen molar-refractivity contribution in [3.8, 4) is 11.1 Å². The van der Waals surface area contributed by atoms with Crippen LogP contribution in [0, 0.1) is 0 Å². The molecule has 0 aliphatic carbocycles. The molecule has 0 unspecified atom stereocenters. The minimum Gasteiger partial charge on any atom is -0.272 e. The summed E-state index contributed by atoms with van der Waals surface area (Å²) in [7, 11) is 0. The second-order valence-electron chi connectivity index (χ2n) is 7.21.